The van der Waals surface area contributed by atoms with Crippen molar-refractivity contribution in [1.82, 2.24) is 14.9 Å². The van der Waals surface area contributed by atoms with Gasteiger partial charge in [-0.1, -0.05) is 26.8 Å². The Bertz CT molecular complexity index is 732. The van der Waals surface area contributed by atoms with Gasteiger partial charge in [0.15, 0.2) is 0 Å². The highest BCUT2D eigenvalue weighted by atomic mass is 32.1. The zero-order valence-electron chi connectivity index (χ0n) is 14.6. The normalized spacial score (nSPS) is 11.2. The summed E-state index contributed by atoms with van der Waals surface area (Å²) in [5, 5.41) is 2.69. The number of aryl methyl sites for hydroxylation is 1. The number of nitrogens with zero attached hydrogens (tertiary/aromatic N) is 3. The van der Waals surface area contributed by atoms with Gasteiger partial charge in [-0.25, -0.2) is 9.97 Å². The Kier molecular flexibility index (Phi) is 5.33. The number of anilines is 1. The first-order valence-electron chi connectivity index (χ1n) is 7.60. The molecule has 0 saturated carbocycles. The van der Waals surface area contributed by atoms with E-state index in [0.717, 1.165) is 11.3 Å². The Balaban J connectivity index is 2.02. The van der Waals surface area contributed by atoms with Gasteiger partial charge in [0.25, 0.3) is 5.91 Å². The van der Waals surface area contributed by atoms with Crippen molar-refractivity contribution in [3.8, 4) is 0 Å². The number of likely N-dealkylation sites (N-methyl/N-ethyl adjacent to an activating group) is 1. The fraction of sp³-hybridized carbons (Fsp3) is 0.412. The van der Waals surface area contributed by atoms with E-state index in [1.165, 1.54) is 16.2 Å². The van der Waals surface area contributed by atoms with Crippen molar-refractivity contribution in [2.75, 3.05) is 18.9 Å². The Morgan fingerprint density at radius 1 is 1.25 bits per heavy atom. The van der Waals surface area contributed by atoms with E-state index in [1.54, 1.807) is 24.8 Å². The van der Waals surface area contributed by atoms with Gasteiger partial charge in [0.1, 0.15) is 10.7 Å². The molecule has 0 fully saturated rings. The monoisotopic (exact) mass is 346 g/mol. The zero-order valence-corrected chi connectivity index (χ0v) is 15.4. The third-order valence-corrected chi connectivity index (χ3v) is 4.19. The molecule has 0 atom stereocenters. The molecule has 0 aliphatic carbocycles. The number of rotatable bonds is 4. The summed E-state index contributed by atoms with van der Waals surface area (Å²) in [7, 11) is 1.61. The maximum Gasteiger partial charge on any atom is 0.266 e. The summed E-state index contributed by atoms with van der Waals surface area (Å²) in [5.74, 6) is -0.0157. The van der Waals surface area contributed by atoms with E-state index in [1.807, 2.05) is 33.8 Å². The van der Waals surface area contributed by atoms with Crippen LogP contribution in [0.2, 0.25) is 0 Å². The third kappa shape index (κ3) is 4.38. The molecule has 0 bridgehead atoms. The van der Waals surface area contributed by atoms with Crippen LogP contribution in [0.5, 0.6) is 0 Å². The van der Waals surface area contributed by atoms with Crippen molar-refractivity contribution in [3.63, 3.8) is 0 Å². The van der Waals surface area contributed by atoms with Gasteiger partial charge in [-0.2, -0.15) is 0 Å². The maximum absolute atomic E-state index is 12.6. The zero-order chi connectivity index (χ0) is 17.9. The second-order valence-electron chi connectivity index (χ2n) is 6.71. The van der Waals surface area contributed by atoms with Crippen molar-refractivity contribution in [1.29, 1.82) is 0 Å². The molecule has 128 valence electrons. The van der Waals surface area contributed by atoms with Crippen LogP contribution in [-0.4, -0.2) is 40.3 Å². The topological polar surface area (TPSA) is 75.2 Å². The number of pyridine rings is 1. The summed E-state index contributed by atoms with van der Waals surface area (Å²) < 4.78 is 0. The first-order valence-corrected chi connectivity index (χ1v) is 8.48. The largest absolute Gasteiger partial charge is 0.332 e. The number of aromatic nitrogens is 2. The Hall–Kier alpha value is -2.28. The number of carbonyl (C=O) groups excluding carboxylic acids is 2. The molecular weight excluding hydrogens is 324 g/mol. The Morgan fingerprint density at radius 2 is 1.96 bits per heavy atom. The second-order valence-corrected chi connectivity index (χ2v) is 7.57. The molecule has 6 nitrogen and oxygen atoms in total. The van der Waals surface area contributed by atoms with Crippen LogP contribution < -0.4 is 5.32 Å². The van der Waals surface area contributed by atoms with Crippen molar-refractivity contribution in [2.45, 2.75) is 33.1 Å². The summed E-state index contributed by atoms with van der Waals surface area (Å²) in [6.07, 6.45) is 1.68. The van der Waals surface area contributed by atoms with E-state index in [9.17, 15) is 9.59 Å². The van der Waals surface area contributed by atoms with E-state index in [4.69, 9.17) is 0 Å². The number of carbonyl (C=O) groups is 2. The summed E-state index contributed by atoms with van der Waals surface area (Å²) in [4.78, 5) is 35.1. The maximum atomic E-state index is 12.6. The minimum absolute atomic E-state index is 0.0458. The van der Waals surface area contributed by atoms with Gasteiger partial charge in [0.05, 0.1) is 17.7 Å². The number of amides is 2. The molecule has 1 N–H and O–H groups in total. The lowest BCUT2D eigenvalue weighted by Crippen LogP contribution is -2.35. The fourth-order valence-corrected chi connectivity index (χ4v) is 3.11. The van der Waals surface area contributed by atoms with Gasteiger partial charge in [0.2, 0.25) is 5.91 Å². The molecule has 0 saturated heterocycles. The number of hydrogen-bond donors (Lipinski definition) is 1. The molecule has 2 rings (SSSR count). The fourth-order valence-electron chi connectivity index (χ4n) is 2.12. The number of nitrogens with one attached hydrogen (secondary N) is 1. The molecule has 0 unspecified atom stereocenters. The van der Waals surface area contributed by atoms with Crippen molar-refractivity contribution in [2.24, 2.45) is 0 Å². The standard InChI is InChI=1S/C17H22N4O2S/c1-11-6-7-12(18-8-11)20-13(22)9-21(5)16(23)14-15(17(2,3)4)19-10-24-14/h6-8,10H,9H2,1-5H3,(H,18,20,22). The molecule has 2 heterocycles. The van der Waals surface area contributed by atoms with E-state index < -0.39 is 0 Å². The Labute approximate surface area is 145 Å². The summed E-state index contributed by atoms with van der Waals surface area (Å²) in [6, 6.07) is 3.60. The highest BCUT2D eigenvalue weighted by molar-refractivity contribution is 7.11. The molecule has 2 aromatic heterocycles. The van der Waals surface area contributed by atoms with Crippen molar-refractivity contribution in [3.05, 3.63) is 40.0 Å². The molecular formula is C17H22N4O2S. The molecule has 0 aliphatic rings. The molecule has 0 radical (unpaired) electrons. The predicted molar refractivity (Wildman–Crippen MR) is 95.4 cm³/mol. The van der Waals surface area contributed by atoms with Crippen LogP contribution in [0.25, 0.3) is 0 Å². The van der Waals surface area contributed by atoms with Gasteiger partial charge >= 0.3 is 0 Å². The quantitative estimate of drug-likeness (QED) is 0.924. The van der Waals surface area contributed by atoms with Gasteiger partial charge in [-0.3, -0.25) is 9.59 Å². The highest BCUT2D eigenvalue weighted by Gasteiger charge is 2.27. The summed E-state index contributed by atoms with van der Waals surface area (Å²) >= 11 is 1.30. The SMILES string of the molecule is Cc1ccc(NC(=O)CN(C)C(=O)c2scnc2C(C)(C)C)nc1. The molecule has 24 heavy (non-hydrogen) atoms. The first kappa shape index (κ1) is 18.1. The van der Waals surface area contributed by atoms with Crippen LogP contribution in [-0.2, 0) is 10.2 Å². The van der Waals surface area contributed by atoms with Crippen LogP contribution in [0.3, 0.4) is 0 Å². The minimum Gasteiger partial charge on any atom is -0.332 e. The minimum atomic E-state index is -0.288. The van der Waals surface area contributed by atoms with Crippen molar-refractivity contribution < 1.29 is 9.59 Å². The van der Waals surface area contributed by atoms with Gasteiger partial charge in [-0.05, 0) is 18.6 Å². The lowest BCUT2D eigenvalue weighted by molar-refractivity contribution is -0.116. The highest BCUT2D eigenvalue weighted by Crippen LogP contribution is 2.27. The van der Waals surface area contributed by atoms with Crippen LogP contribution >= 0.6 is 11.3 Å². The van der Waals surface area contributed by atoms with Crippen LogP contribution in [0.15, 0.2) is 23.8 Å². The van der Waals surface area contributed by atoms with E-state index >= 15 is 0 Å². The van der Waals surface area contributed by atoms with E-state index in [-0.39, 0.29) is 23.8 Å². The van der Waals surface area contributed by atoms with Crippen LogP contribution in [0.4, 0.5) is 5.82 Å². The Morgan fingerprint density at radius 3 is 2.54 bits per heavy atom. The smallest absolute Gasteiger partial charge is 0.266 e. The number of hydrogen-bond acceptors (Lipinski definition) is 5. The van der Waals surface area contributed by atoms with Crippen LogP contribution in [0.1, 0.15) is 41.7 Å². The van der Waals surface area contributed by atoms with Crippen molar-refractivity contribution >= 4 is 29.0 Å². The third-order valence-electron chi connectivity index (χ3n) is 3.38. The predicted octanol–water partition coefficient (Wildman–Crippen LogP) is 2.85. The average molecular weight is 346 g/mol. The molecule has 2 amide bonds. The second kappa shape index (κ2) is 7.09. The molecule has 0 spiro atoms. The lowest BCUT2D eigenvalue weighted by atomic mass is 9.91. The number of thiazole rings is 1. The van der Waals surface area contributed by atoms with E-state index in [2.05, 4.69) is 15.3 Å². The van der Waals surface area contributed by atoms with Crippen LogP contribution in [0, 0.1) is 6.92 Å². The van der Waals surface area contributed by atoms with Gasteiger partial charge < -0.3 is 10.2 Å². The van der Waals surface area contributed by atoms with E-state index in [0.29, 0.717) is 10.7 Å². The molecule has 0 aromatic carbocycles. The summed E-state index contributed by atoms with van der Waals surface area (Å²) in [5.41, 5.74) is 3.21. The summed E-state index contributed by atoms with van der Waals surface area (Å²) in [6.45, 7) is 7.90. The molecule has 0 aliphatic heterocycles. The first-order chi connectivity index (χ1) is 11.2. The lowest BCUT2D eigenvalue weighted by Gasteiger charge is -2.20. The van der Waals surface area contributed by atoms with Gasteiger partial charge in [-0.15, -0.1) is 11.3 Å². The molecule has 2 aromatic rings. The van der Waals surface area contributed by atoms with Gasteiger partial charge in [0, 0.05) is 18.7 Å². The average Bonchev–Trinajstić information content (AvgIpc) is 2.98. The molecule has 7 heteroatoms.